The third kappa shape index (κ3) is 3.13. The molecule has 0 aliphatic rings. The lowest BCUT2D eigenvalue weighted by molar-refractivity contribution is -0.112. The van der Waals surface area contributed by atoms with Gasteiger partial charge in [0.05, 0.1) is 15.7 Å². The number of halogens is 2. The first-order chi connectivity index (χ1) is 7.99. The van der Waals surface area contributed by atoms with E-state index in [1.54, 1.807) is 13.0 Å². The number of phenols is 1. The fourth-order valence-corrected chi connectivity index (χ4v) is 1.44. The Morgan fingerprint density at radius 2 is 2.12 bits per heavy atom. The molecule has 2 N–H and O–H groups in total. The van der Waals surface area contributed by atoms with Crippen LogP contribution in [0.4, 0.5) is 5.69 Å². The Hall–Kier alpha value is -1.70. The van der Waals surface area contributed by atoms with Crippen molar-refractivity contribution in [1.29, 1.82) is 5.26 Å². The molecule has 17 heavy (non-hydrogen) atoms. The maximum absolute atomic E-state index is 11.6. The lowest BCUT2D eigenvalue weighted by atomic mass is 10.2. The van der Waals surface area contributed by atoms with Crippen LogP contribution in [0.15, 0.2) is 23.8 Å². The summed E-state index contributed by atoms with van der Waals surface area (Å²) in [7, 11) is 0. The van der Waals surface area contributed by atoms with Gasteiger partial charge in [0.15, 0.2) is 0 Å². The van der Waals surface area contributed by atoms with Gasteiger partial charge in [-0.3, -0.25) is 4.79 Å². The van der Waals surface area contributed by atoms with Crippen LogP contribution in [0.2, 0.25) is 10.0 Å². The van der Waals surface area contributed by atoms with Gasteiger partial charge in [0, 0.05) is 6.07 Å². The van der Waals surface area contributed by atoms with Gasteiger partial charge in [-0.2, -0.15) is 5.26 Å². The Labute approximate surface area is 108 Å². The van der Waals surface area contributed by atoms with Gasteiger partial charge in [0.1, 0.15) is 17.4 Å². The Balaban J connectivity index is 3.02. The zero-order chi connectivity index (χ0) is 13.0. The minimum Gasteiger partial charge on any atom is -0.506 e. The molecule has 0 atom stereocenters. The molecule has 0 aromatic heterocycles. The van der Waals surface area contributed by atoms with Gasteiger partial charge in [-0.1, -0.05) is 29.3 Å². The SMILES string of the molecule is CC=C(C#N)C(=O)Nc1cc(Cl)c(O)cc1Cl. The third-order valence-corrected chi connectivity index (χ3v) is 2.55. The molecule has 0 heterocycles. The molecule has 6 heteroatoms. The highest BCUT2D eigenvalue weighted by Crippen LogP contribution is 2.33. The van der Waals surface area contributed by atoms with Crippen LogP contribution in [-0.2, 0) is 4.79 Å². The average Bonchev–Trinajstić information content (AvgIpc) is 2.27. The summed E-state index contributed by atoms with van der Waals surface area (Å²) in [5.74, 6) is -0.764. The number of aromatic hydroxyl groups is 1. The van der Waals surface area contributed by atoms with Crippen molar-refractivity contribution in [2.24, 2.45) is 0 Å². The van der Waals surface area contributed by atoms with Gasteiger partial charge in [-0.05, 0) is 13.0 Å². The number of amides is 1. The number of carbonyl (C=O) groups excluding carboxylic acids is 1. The Morgan fingerprint density at radius 1 is 1.47 bits per heavy atom. The standard InChI is InChI=1S/C11H8Cl2N2O2/c1-2-6(5-14)11(17)15-9-3-8(13)10(16)4-7(9)12/h2-4,16H,1H3,(H,15,17). The minimum atomic E-state index is -0.585. The van der Waals surface area contributed by atoms with Crippen LogP contribution in [-0.4, -0.2) is 11.0 Å². The van der Waals surface area contributed by atoms with Crippen LogP contribution >= 0.6 is 23.2 Å². The van der Waals surface area contributed by atoms with Crippen molar-refractivity contribution in [2.75, 3.05) is 5.32 Å². The van der Waals surface area contributed by atoms with E-state index in [-0.39, 0.29) is 27.1 Å². The molecule has 0 saturated heterocycles. The fraction of sp³-hybridized carbons (Fsp3) is 0.0909. The molecule has 0 unspecified atom stereocenters. The predicted octanol–water partition coefficient (Wildman–Crippen LogP) is 3.11. The van der Waals surface area contributed by atoms with Crippen molar-refractivity contribution in [2.45, 2.75) is 6.92 Å². The number of allylic oxidation sites excluding steroid dienone is 1. The molecular formula is C11H8Cl2N2O2. The van der Waals surface area contributed by atoms with Crippen LogP contribution in [0.25, 0.3) is 0 Å². The van der Waals surface area contributed by atoms with E-state index in [0.717, 1.165) is 0 Å². The van der Waals surface area contributed by atoms with Crippen molar-refractivity contribution in [3.05, 3.63) is 33.8 Å². The second kappa shape index (κ2) is 5.58. The molecule has 0 saturated carbocycles. The summed E-state index contributed by atoms with van der Waals surface area (Å²) in [6.07, 6.45) is 1.38. The van der Waals surface area contributed by atoms with Crippen LogP contribution in [0.3, 0.4) is 0 Å². The number of rotatable bonds is 2. The topological polar surface area (TPSA) is 73.1 Å². The summed E-state index contributed by atoms with van der Waals surface area (Å²) in [5.41, 5.74) is 0.194. The van der Waals surface area contributed by atoms with Crippen molar-refractivity contribution in [3.8, 4) is 11.8 Å². The highest BCUT2D eigenvalue weighted by atomic mass is 35.5. The van der Waals surface area contributed by atoms with Gasteiger partial charge in [0.25, 0.3) is 5.91 Å². The number of anilines is 1. The molecule has 0 radical (unpaired) electrons. The van der Waals surface area contributed by atoms with E-state index < -0.39 is 5.91 Å². The molecule has 0 fully saturated rings. The van der Waals surface area contributed by atoms with Gasteiger partial charge in [-0.15, -0.1) is 0 Å². The van der Waals surface area contributed by atoms with Gasteiger partial charge < -0.3 is 10.4 Å². The van der Waals surface area contributed by atoms with E-state index in [1.165, 1.54) is 18.2 Å². The first-order valence-electron chi connectivity index (χ1n) is 4.55. The molecule has 0 spiro atoms. The van der Waals surface area contributed by atoms with E-state index in [0.29, 0.717) is 0 Å². The van der Waals surface area contributed by atoms with Crippen molar-refractivity contribution in [1.82, 2.24) is 0 Å². The van der Waals surface area contributed by atoms with Crippen molar-refractivity contribution >= 4 is 34.8 Å². The van der Waals surface area contributed by atoms with Crippen LogP contribution < -0.4 is 5.32 Å². The summed E-state index contributed by atoms with van der Waals surface area (Å²) in [4.78, 5) is 11.6. The Bertz CT molecular complexity index is 533. The number of benzene rings is 1. The van der Waals surface area contributed by atoms with Crippen LogP contribution in [0.1, 0.15) is 6.92 Å². The normalized spacial score (nSPS) is 10.8. The molecule has 1 amide bonds. The van der Waals surface area contributed by atoms with Gasteiger partial charge in [-0.25, -0.2) is 0 Å². The molecule has 88 valence electrons. The molecule has 1 aromatic carbocycles. The zero-order valence-corrected chi connectivity index (χ0v) is 10.3. The number of nitrogens with zero attached hydrogens (tertiary/aromatic N) is 1. The van der Waals surface area contributed by atoms with E-state index >= 15 is 0 Å². The summed E-state index contributed by atoms with van der Waals surface area (Å²) in [5, 5.41) is 20.5. The average molecular weight is 271 g/mol. The maximum atomic E-state index is 11.6. The first kappa shape index (κ1) is 13.4. The summed E-state index contributed by atoms with van der Waals surface area (Å²) in [6.45, 7) is 1.57. The third-order valence-electron chi connectivity index (χ3n) is 1.94. The lowest BCUT2D eigenvalue weighted by Gasteiger charge is -2.07. The minimum absolute atomic E-state index is 0.0368. The number of hydrogen-bond donors (Lipinski definition) is 2. The molecule has 1 rings (SSSR count). The highest BCUT2D eigenvalue weighted by Gasteiger charge is 2.12. The monoisotopic (exact) mass is 270 g/mol. The van der Waals surface area contributed by atoms with E-state index in [1.807, 2.05) is 0 Å². The molecule has 0 aliphatic carbocycles. The number of carbonyl (C=O) groups is 1. The predicted molar refractivity (Wildman–Crippen MR) is 66.1 cm³/mol. The largest absolute Gasteiger partial charge is 0.506 e. The number of nitrogens with one attached hydrogen (secondary N) is 1. The van der Waals surface area contributed by atoms with E-state index in [2.05, 4.69) is 5.32 Å². The molecule has 4 nitrogen and oxygen atoms in total. The molecular weight excluding hydrogens is 263 g/mol. The van der Waals surface area contributed by atoms with Crippen molar-refractivity contribution in [3.63, 3.8) is 0 Å². The highest BCUT2D eigenvalue weighted by molar-refractivity contribution is 6.36. The molecule has 0 bridgehead atoms. The number of hydrogen-bond acceptors (Lipinski definition) is 3. The smallest absolute Gasteiger partial charge is 0.266 e. The molecule has 1 aromatic rings. The lowest BCUT2D eigenvalue weighted by Crippen LogP contribution is -2.13. The van der Waals surface area contributed by atoms with E-state index in [9.17, 15) is 9.90 Å². The van der Waals surface area contributed by atoms with Gasteiger partial charge >= 0.3 is 0 Å². The summed E-state index contributed by atoms with van der Waals surface area (Å²) < 4.78 is 0. The Kier molecular flexibility index (Phi) is 4.38. The second-order valence-electron chi connectivity index (χ2n) is 3.05. The van der Waals surface area contributed by atoms with E-state index in [4.69, 9.17) is 28.5 Å². The fourth-order valence-electron chi connectivity index (χ4n) is 1.07. The number of nitriles is 1. The van der Waals surface area contributed by atoms with Gasteiger partial charge in [0.2, 0.25) is 0 Å². The quantitative estimate of drug-likeness (QED) is 0.493. The second-order valence-corrected chi connectivity index (χ2v) is 3.87. The Morgan fingerprint density at radius 3 is 2.65 bits per heavy atom. The summed E-state index contributed by atoms with van der Waals surface area (Å²) in [6, 6.07) is 4.26. The van der Waals surface area contributed by atoms with Crippen molar-refractivity contribution < 1.29 is 9.90 Å². The van der Waals surface area contributed by atoms with Crippen LogP contribution in [0.5, 0.6) is 5.75 Å². The summed E-state index contributed by atoms with van der Waals surface area (Å²) >= 11 is 11.5. The number of phenolic OH excluding ortho intramolecular Hbond substituents is 1. The maximum Gasteiger partial charge on any atom is 0.266 e. The molecule has 0 aliphatic heterocycles. The van der Waals surface area contributed by atoms with Crippen LogP contribution in [0, 0.1) is 11.3 Å². The first-order valence-corrected chi connectivity index (χ1v) is 5.31. The zero-order valence-electron chi connectivity index (χ0n) is 8.79.